The van der Waals surface area contributed by atoms with E-state index in [0.717, 1.165) is 47.3 Å². The van der Waals surface area contributed by atoms with Crippen LogP contribution in [0.4, 0.5) is 5.82 Å². The number of aryl methyl sites for hydroxylation is 2. The van der Waals surface area contributed by atoms with Crippen molar-refractivity contribution in [2.45, 2.75) is 39.7 Å². The van der Waals surface area contributed by atoms with Gasteiger partial charge in [-0.05, 0) is 39.2 Å². The molecular formula is C21H31N7O. The molecule has 3 aromatic heterocycles. The summed E-state index contributed by atoms with van der Waals surface area (Å²) in [5.41, 5.74) is 3.53. The number of anilines is 1. The van der Waals surface area contributed by atoms with Gasteiger partial charge in [0.1, 0.15) is 11.5 Å². The van der Waals surface area contributed by atoms with E-state index < -0.39 is 6.10 Å². The topological polar surface area (TPSA) is 83.5 Å². The quantitative estimate of drug-likeness (QED) is 0.664. The first-order chi connectivity index (χ1) is 13.9. The molecule has 156 valence electrons. The Kier molecular flexibility index (Phi) is 5.56. The van der Waals surface area contributed by atoms with Gasteiger partial charge in [0.05, 0.1) is 6.10 Å². The van der Waals surface area contributed by atoms with Crippen LogP contribution in [-0.2, 0) is 7.05 Å². The lowest BCUT2D eigenvalue weighted by Crippen LogP contribution is -2.41. The third kappa shape index (κ3) is 4.13. The normalized spacial score (nSPS) is 19.0. The Hall–Kier alpha value is -2.45. The average Bonchev–Trinajstić information content (AvgIpc) is 3.27. The summed E-state index contributed by atoms with van der Waals surface area (Å²) in [6, 6.07) is 1.95. The Bertz CT molecular complexity index is 992. The van der Waals surface area contributed by atoms with Crippen LogP contribution in [0.15, 0.2) is 18.5 Å². The molecule has 1 aliphatic rings. The fraction of sp³-hybridized carbons (Fsp3) is 0.571. The molecule has 1 fully saturated rings. The molecule has 0 spiro atoms. The second-order valence-corrected chi connectivity index (χ2v) is 8.37. The summed E-state index contributed by atoms with van der Waals surface area (Å²) in [5.74, 6) is 2.39. The first kappa shape index (κ1) is 19.8. The van der Waals surface area contributed by atoms with Gasteiger partial charge in [0.2, 0.25) is 0 Å². The van der Waals surface area contributed by atoms with Gasteiger partial charge in [0.15, 0.2) is 11.5 Å². The number of rotatable bonds is 6. The van der Waals surface area contributed by atoms with Gasteiger partial charge in [0.25, 0.3) is 0 Å². The minimum atomic E-state index is -0.437. The first-order valence-electron chi connectivity index (χ1n) is 10.4. The van der Waals surface area contributed by atoms with Crippen molar-refractivity contribution in [3.63, 3.8) is 0 Å². The van der Waals surface area contributed by atoms with Gasteiger partial charge in [-0.3, -0.25) is 0 Å². The molecule has 0 aliphatic carbocycles. The smallest absolute Gasteiger partial charge is 0.160 e. The number of nitrogens with one attached hydrogen (secondary N) is 1. The van der Waals surface area contributed by atoms with Gasteiger partial charge in [-0.25, -0.2) is 9.97 Å². The van der Waals surface area contributed by atoms with Crippen LogP contribution in [0.1, 0.15) is 31.0 Å². The highest BCUT2D eigenvalue weighted by molar-refractivity contribution is 5.63. The minimum Gasteiger partial charge on any atom is -0.390 e. The molecule has 0 aromatic carbocycles. The van der Waals surface area contributed by atoms with E-state index >= 15 is 0 Å². The van der Waals surface area contributed by atoms with E-state index in [4.69, 9.17) is 5.10 Å². The summed E-state index contributed by atoms with van der Waals surface area (Å²) >= 11 is 0. The predicted molar refractivity (Wildman–Crippen MR) is 114 cm³/mol. The van der Waals surface area contributed by atoms with Crippen molar-refractivity contribution in [2.24, 2.45) is 13.0 Å². The summed E-state index contributed by atoms with van der Waals surface area (Å²) in [6.07, 6.45) is 5.73. The molecule has 1 aliphatic heterocycles. The van der Waals surface area contributed by atoms with Crippen LogP contribution in [-0.4, -0.2) is 66.4 Å². The number of hydrogen-bond acceptors (Lipinski definition) is 6. The van der Waals surface area contributed by atoms with Gasteiger partial charge < -0.3 is 19.9 Å². The van der Waals surface area contributed by atoms with Crippen LogP contribution in [0.25, 0.3) is 17.2 Å². The zero-order chi connectivity index (χ0) is 20.5. The molecule has 29 heavy (non-hydrogen) atoms. The van der Waals surface area contributed by atoms with Crippen molar-refractivity contribution in [3.05, 3.63) is 29.7 Å². The lowest BCUT2D eigenvalue weighted by molar-refractivity contribution is 0.0947. The number of hydrogen-bond donors (Lipinski definition) is 2. The Morgan fingerprint density at radius 2 is 2.17 bits per heavy atom. The monoisotopic (exact) mass is 397 g/mol. The van der Waals surface area contributed by atoms with Gasteiger partial charge in [-0.2, -0.15) is 9.61 Å². The van der Waals surface area contributed by atoms with Crippen molar-refractivity contribution in [1.29, 1.82) is 0 Å². The van der Waals surface area contributed by atoms with E-state index in [9.17, 15) is 5.11 Å². The van der Waals surface area contributed by atoms with E-state index in [0.29, 0.717) is 19.0 Å². The van der Waals surface area contributed by atoms with Crippen LogP contribution >= 0.6 is 0 Å². The molecule has 4 rings (SSSR count). The maximum Gasteiger partial charge on any atom is 0.160 e. The highest BCUT2D eigenvalue weighted by atomic mass is 16.3. The van der Waals surface area contributed by atoms with Gasteiger partial charge >= 0.3 is 0 Å². The van der Waals surface area contributed by atoms with E-state index in [-0.39, 0.29) is 0 Å². The zero-order valence-electron chi connectivity index (χ0n) is 17.8. The van der Waals surface area contributed by atoms with Crippen molar-refractivity contribution in [2.75, 3.05) is 31.5 Å². The number of imidazole rings is 1. The summed E-state index contributed by atoms with van der Waals surface area (Å²) < 4.78 is 3.76. The highest BCUT2D eigenvalue weighted by Crippen LogP contribution is 2.24. The van der Waals surface area contributed by atoms with Gasteiger partial charge in [-0.1, -0.05) is 6.92 Å². The van der Waals surface area contributed by atoms with E-state index in [2.05, 4.69) is 27.1 Å². The highest BCUT2D eigenvalue weighted by Gasteiger charge is 2.20. The van der Waals surface area contributed by atoms with Crippen LogP contribution in [0, 0.1) is 19.8 Å². The first-order valence-corrected chi connectivity index (χ1v) is 10.4. The standard InChI is InChI=1S/C21H31N7O/c1-14-6-5-8-27(12-14)13-17(29)11-23-20-15(2)16(3)24-19-10-18(25-28(19)20)21-22-7-9-26(21)4/h7,9-10,14,17,23,29H,5-6,8,11-13H2,1-4H3. The number of fused-ring (bicyclic) bond motifs is 1. The van der Waals surface area contributed by atoms with Crippen molar-refractivity contribution >= 4 is 11.5 Å². The molecule has 0 saturated carbocycles. The number of aliphatic hydroxyl groups excluding tert-OH is 1. The molecular weight excluding hydrogens is 366 g/mol. The summed E-state index contributed by atoms with van der Waals surface area (Å²) in [5, 5.41) is 18.8. The van der Waals surface area contributed by atoms with Crippen LogP contribution in [0.5, 0.6) is 0 Å². The van der Waals surface area contributed by atoms with Crippen molar-refractivity contribution in [1.82, 2.24) is 29.0 Å². The van der Waals surface area contributed by atoms with Crippen molar-refractivity contribution < 1.29 is 5.11 Å². The maximum atomic E-state index is 10.6. The molecule has 8 heteroatoms. The molecule has 8 nitrogen and oxygen atoms in total. The molecule has 2 atom stereocenters. The van der Waals surface area contributed by atoms with Crippen LogP contribution < -0.4 is 5.32 Å². The number of nitrogens with zero attached hydrogens (tertiary/aromatic N) is 6. The third-order valence-corrected chi connectivity index (χ3v) is 5.85. The molecule has 2 unspecified atom stereocenters. The second-order valence-electron chi connectivity index (χ2n) is 8.37. The van der Waals surface area contributed by atoms with Crippen molar-refractivity contribution in [3.8, 4) is 11.5 Å². The Morgan fingerprint density at radius 3 is 2.90 bits per heavy atom. The fourth-order valence-corrected chi connectivity index (χ4v) is 4.16. The van der Waals surface area contributed by atoms with E-state index in [1.165, 1.54) is 12.8 Å². The SMILES string of the molecule is Cc1nc2cc(-c3nccn3C)nn2c(NCC(O)CN2CCCC(C)C2)c1C. The third-order valence-electron chi connectivity index (χ3n) is 5.85. The maximum absolute atomic E-state index is 10.6. The van der Waals surface area contributed by atoms with E-state index in [1.807, 2.05) is 42.2 Å². The number of piperidine rings is 1. The number of aromatic nitrogens is 5. The Labute approximate surface area is 171 Å². The molecule has 1 saturated heterocycles. The van der Waals surface area contributed by atoms with Gasteiger partial charge in [-0.15, -0.1) is 0 Å². The second kappa shape index (κ2) is 8.12. The number of β-amino-alcohol motifs (C(OH)–C–C–N with tert-alkyl or cyclic N) is 1. The summed E-state index contributed by atoms with van der Waals surface area (Å²) in [7, 11) is 1.95. The lowest BCUT2D eigenvalue weighted by Gasteiger charge is -2.32. The summed E-state index contributed by atoms with van der Waals surface area (Å²) in [6.45, 7) is 9.63. The molecule has 2 N–H and O–H groups in total. The average molecular weight is 398 g/mol. The predicted octanol–water partition coefficient (Wildman–Crippen LogP) is 2.25. The summed E-state index contributed by atoms with van der Waals surface area (Å²) in [4.78, 5) is 11.4. The fourth-order valence-electron chi connectivity index (χ4n) is 4.16. The van der Waals surface area contributed by atoms with Gasteiger partial charge in [0, 0.05) is 56.4 Å². The largest absolute Gasteiger partial charge is 0.390 e. The van der Waals surface area contributed by atoms with Crippen LogP contribution in [0.2, 0.25) is 0 Å². The lowest BCUT2D eigenvalue weighted by atomic mass is 10.00. The van der Waals surface area contributed by atoms with Crippen LogP contribution in [0.3, 0.4) is 0 Å². The number of aliphatic hydroxyl groups is 1. The number of likely N-dealkylation sites (tertiary alicyclic amines) is 1. The Balaban J connectivity index is 1.53. The minimum absolute atomic E-state index is 0.437. The molecule has 0 amide bonds. The van der Waals surface area contributed by atoms with E-state index in [1.54, 1.807) is 6.20 Å². The Morgan fingerprint density at radius 1 is 1.34 bits per heavy atom. The molecule has 4 heterocycles. The molecule has 3 aromatic rings. The molecule has 0 bridgehead atoms. The zero-order valence-corrected chi connectivity index (χ0v) is 17.8. The molecule has 0 radical (unpaired) electrons.